The van der Waals surface area contributed by atoms with E-state index in [2.05, 4.69) is 9.82 Å². The lowest BCUT2D eigenvalue weighted by atomic mass is 10.4. The Morgan fingerprint density at radius 1 is 1.61 bits per heavy atom. The summed E-state index contributed by atoms with van der Waals surface area (Å²) >= 11 is 0. The standard InChI is InChI=1S/C9H16N4O4S/c1-12-7-8(5-10-12)6-11-18(16,17)13(2)4-3-9(14)15/h5,7,11H,3-4,6H2,1-2H3,(H,14,15). The highest BCUT2D eigenvalue weighted by molar-refractivity contribution is 7.87. The highest BCUT2D eigenvalue weighted by atomic mass is 32.2. The van der Waals surface area contributed by atoms with E-state index in [-0.39, 0.29) is 19.5 Å². The second-order valence-electron chi connectivity index (χ2n) is 3.81. The number of hydrogen-bond donors (Lipinski definition) is 2. The van der Waals surface area contributed by atoms with Gasteiger partial charge >= 0.3 is 5.97 Å². The van der Waals surface area contributed by atoms with Crippen molar-refractivity contribution in [3.05, 3.63) is 18.0 Å². The van der Waals surface area contributed by atoms with Crippen molar-refractivity contribution in [1.29, 1.82) is 0 Å². The second kappa shape index (κ2) is 5.94. The van der Waals surface area contributed by atoms with Gasteiger partial charge in [0.2, 0.25) is 0 Å². The molecule has 0 saturated carbocycles. The lowest BCUT2D eigenvalue weighted by molar-refractivity contribution is -0.137. The Kier molecular flexibility index (Phi) is 4.82. The first-order valence-electron chi connectivity index (χ1n) is 5.21. The van der Waals surface area contributed by atoms with Crippen molar-refractivity contribution in [3.63, 3.8) is 0 Å². The summed E-state index contributed by atoms with van der Waals surface area (Å²) in [6.07, 6.45) is 3.02. The Morgan fingerprint density at radius 3 is 2.78 bits per heavy atom. The van der Waals surface area contributed by atoms with Crippen LogP contribution in [-0.4, -0.2) is 47.2 Å². The minimum Gasteiger partial charge on any atom is -0.481 e. The Labute approximate surface area is 105 Å². The molecule has 8 nitrogen and oxygen atoms in total. The number of aryl methyl sites for hydroxylation is 1. The van der Waals surface area contributed by atoms with Gasteiger partial charge in [-0.25, -0.2) is 0 Å². The van der Waals surface area contributed by atoms with Crippen LogP contribution in [-0.2, 0) is 28.6 Å². The highest BCUT2D eigenvalue weighted by Crippen LogP contribution is 2.00. The number of nitrogens with one attached hydrogen (secondary N) is 1. The zero-order valence-electron chi connectivity index (χ0n) is 10.2. The number of aliphatic carboxylic acids is 1. The summed E-state index contributed by atoms with van der Waals surface area (Å²) < 4.78 is 28.3. The number of nitrogens with zero attached hydrogens (tertiary/aromatic N) is 3. The first-order chi connectivity index (χ1) is 8.31. The predicted octanol–water partition coefficient (Wildman–Crippen LogP) is -0.839. The zero-order chi connectivity index (χ0) is 13.8. The maximum atomic E-state index is 11.7. The van der Waals surface area contributed by atoms with Crippen molar-refractivity contribution in [2.75, 3.05) is 13.6 Å². The van der Waals surface area contributed by atoms with E-state index >= 15 is 0 Å². The van der Waals surface area contributed by atoms with E-state index in [4.69, 9.17) is 5.11 Å². The fourth-order valence-electron chi connectivity index (χ4n) is 1.22. The van der Waals surface area contributed by atoms with Gasteiger partial charge in [0.05, 0.1) is 12.6 Å². The summed E-state index contributed by atoms with van der Waals surface area (Å²) in [5.41, 5.74) is 0.729. The molecule has 0 aliphatic rings. The molecule has 0 radical (unpaired) electrons. The molecule has 0 aromatic carbocycles. The third kappa shape index (κ3) is 4.43. The zero-order valence-corrected chi connectivity index (χ0v) is 11.0. The van der Waals surface area contributed by atoms with Crippen LogP contribution in [0.1, 0.15) is 12.0 Å². The Hall–Kier alpha value is -1.45. The first-order valence-corrected chi connectivity index (χ1v) is 6.65. The molecule has 1 aromatic rings. The van der Waals surface area contributed by atoms with Crippen LogP contribution in [0.3, 0.4) is 0 Å². The number of carboxylic acid groups (broad SMARTS) is 1. The second-order valence-corrected chi connectivity index (χ2v) is 5.68. The van der Waals surface area contributed by atoms with Gasteiger partial charge in [0.15, 0.2) is 0 Å². The lowest BCUT2D eigenvalue weighted by Crippen LogP contribution is -2.38. The summed E-state index contributed by atoms with van der Waals surface area (Å²) in [6.45, 7) is 0.0469. The van der Waals surface area contributed by atoms with Gasteiger partial charge in [0, 0.05) is 38.9 Å². The van der Waals surface area contributed by atoms with Crippen LogP contribution in [0.2, 0.25) is 0 Å². The normalized spacial score (nSPS) is 11.9. The fraction of sp³-hybridized carbons (Fsp3) is 0.556. The average Bonchev–Trinajstić information content (AvgIpc) is 2.69. The monoisotopic (exact) mass is 276 g/mol. The molecule has 0 aliphatic heterocycles. The first kappa shape index (κ1) is 14.6. The van der Waals surface area contributed by atoms with Gasteiger partial charge in [-0.1, -0.05) is 0 Å². The van der Waals surface area contributed by atoms with Gasteiger partial charge < -0.3 is 5.11 Å². The molecule has 0 amide bonds. The maximum Gasteiger partial charge on any atom is 0.304 e. The van der Waals surface area contributed by atoms with Crippen LogP contribution < -0.4 is 4.72 Å². The number of carboxylic acids is 1. The number of carbonyl (C=O) groups is 1. The molecule has 18 heavy (non-hydrogen) atoms. The van der Waals surface area contributed by atoms with Gasteiger partial charge in [-0.3, -0.25) is 9.48 Å². The molecule has 0 unspecified atom stereocenters. The molecule has 0 saturated heterocycles. The Morgan fingerprint density at radius 2 is 2.28 bits per heavy atom. The summed E-state index contributed by atoms with van der Waals surface area (Å²) in [5.74, 6) is -1.04. The molecule has 0 spiro atoms. The third-order valence-electron chi connectivity index (χ3n) is 2.27. The highest BCUT2D eigenvalue weighted by Gasteiger charge is 2.17. The molecule has 0 fully saturated rings. The molecular formula is C9H16N4O4S. The molecule has 102 valence electrons. The minimum absolute atomic E-state index is 0.0717. The van der Waals surface area contributed by atoms with E-state index in [1.165, 1.54) is 7.05 Å². The van der Waals surface area contributed by atoms with E-state index in [1.807, 2.05) is 0 Å². The van der Waals surface area contributed by atoms with Gasteiger partial charge in [0.1, 0.15) is 0 Å². The summed E-state index contributed by atoms with van der Waals surface area (Å²) in [6, 6.07) is 0. The molecule has 9 heteroatoms. The topological polar surface area (TPSA) is 105 Å². The largest absolute Gasteiger partial charge is 0.481 e. The molecule has 0 aliphatic carbocycles. The van der Waals surface area contributed by atoms with Crippen LogP contribution in [0.4, 0.5) is 0 Å². The van der Waals surface area contributed by atoms with Crippen LogP contribution in [0, 0.1) is 0 Å². The van der Waals surface area contributed by atoms with E-state index < -0.39 is 16.2 Å². The van der Waals surface area contributed by atoms with Crippen LogP contribution in [0.15, 0.2) is 12.4 Å². The SMILES string of the molecule is CN(CCC(=O)O)S(=O)(=O)NCc1cnn(C)c1. The van der Waals surface area contributed by atoms with Crippen molar-refractivity contribution in [2.45, 2.75) is 13.0 Å². The lowest BCUT2D eigenvalue weighted by Gasteiger charge is -2.16. The fourth-order valence-corrected chi connectivity index (χ4v) is 2.12. The maximum absolute atomic E-state index is 11.7. The van der Waals surface area contributed by atoms with Gasteiger partial charge in [-0.05, 0) is 0 Å². The van der Waals surface area contributed by atoms with Crippen molar-refractivity contribution < 1.29 is 18.3 Å². The van der Waals surface area contributed by atoms with Crippen LogP contribution in [0.25, 0.3) is 0 Å². The van der Waals surface area contributed by atoms with Crippen molar-refractivity contribution in [2.24, 2.45) is 7.05 Å². The van der Waals surface area contributed by atoms with Crippen molar-refractivity contribution in [3.8, 4) is 0 Å². The molecule has 2 N–H and O–H groups in total. The van der Waals surface area contributed by atoms with Gasteiger partial charge in [-0.15, -0.1) is 0 Å². The number of rotatable bonds is 7. The number of aromatic nitrogens is 2. The molecule has 1 rings (SSSR count). The molecule has 1 aromatic heterocycles. The van der Waals surface area contributed by atoms with E-state index in [0.29, 0.717) is 0 Å². The Bertz CT molecular complexity index is 510. The summed E-state index contributed by atoms with van der Waals surface area (Å²) in [4.78, 5) is 10.4. The van der Waals surface area contributed by atoms with E-state index in [9.17, 15) is 13.2 Å². The van der Waals surface area contributed by atoms with Crippen molar-refractivity contribution in [1.82, 2.24) is 18.8 Å². The van der Waals surface area contributed by atoms with Gasteiger partial charge in [-0.2, -0.15) is 22.5 Å². The third-order valence-corrected chi connectivity index (χ3v) is 3.78. The quantitative estimate of drug-likeness (QED) is 0.675. The van der Waals surface area contributed by atoms with Crippen LogP contribution in [0.5, 0.6) is 0 Å². The minimum atomic E-state index is -3.66. The summed E-state index contributed by atoms with van der Waals surface area (Å²) in [7, 11) is -0.601. The number of hydrogen-bond acceptors (Lipinski definition) is 4. The predicted molar refractivity (Wildman–Crippen MR) is 63.9 cm³/mol. The van der Waals surface area contributed by atoms with E-state index in [0.717, 1.165) is 9.87 Å². The molecule has 0 atom stereocenters. The molecule has 0 bridgehead atoms. The molecular weight excluding hydrogens is 260 g/mol. The summed E-state index contributed by atoms with van der Waals surface area (Å²) in [5, 5.41) is 12.4. The van der Waals surface area contributed by atoms with Gasteiger partial charge in [0.25, 0.3) is 10.2 Å². The smallest absolute Gasteiger partial charge is 0.304 e. The molecule has 1 heterocycles. The average molecular weight is 276 g/mol. The van der Waals surface area contributed by atoms with Crippen LogP contribution >= 0.6 is 0 Å². The van der Waals surface area contributed by atoms with E-state index in [1.54, 1.807) is 24.1 Å². The Balaban J connectivity index is 2.51. The van der Waals surface area contributed by atoms with Crippen molar-refractivity contribution >= 4 is 16.2 Å².